The highest BCUT2D eigenvalue weighted by molar-refractivity contribution is 6.35. The molecule has 3 nitrogen and oxygen atoms in total. The Morgan fingerprint density at radius 3 is 2.43 bits per heavy atom. The highest BCUT2D eigenvalue weighted by Gasteiger charge is 2.10. The van der Waals surface area contributed by atoms with Crippen molar-refractivity contribution < 1.29 is 9.47 Å². The molecule has 0 aliphatic rings. The lowest BCUT2D eigenvalue weighted by atomic mass is 10.2. The van der Waals surface area contributed by atoms with Crippen molar-refractivity contribution in [2.45, 2.75) is 13.5 Å². The molecule has 2 aromatic rings. The Labute approximate surface area is 134 Å². The smallest absolute Gasteiger partial charge is 0.142 e. The van der Waals surface area contributed by atoms with Crippen LogP contribution in [0.1, 0.15) is 12.5 Å². The van der Waals surface area contributed by atoms with E-state index in [0.29, 0.717) is 28.9 Å². The summed E-state index contributed by atoms with van der Waals surface area (Å²) in [5, 5.41) is 4.43. The summed E-state index contributed by atoms with van der Waals surface area (Å²) in [5.41, 5.74) is 1.90. The van der Waals surface area contributed by atoms with E-state index in [1.54, 1.807) is 13.2 Å². The Hall–Kier alpha value is -1.58. The van der Waals surface area contributed by atoms with Crippen LogP contribution in [-0.2, 0) is 6.54 Å². The van der Waals surface area contributed by atoms with E-state index in [2.05, 4.69) is 5.32 Å². The number of hydrogen-bond acceptors (Lipinski definition) is 3. The number of benzene rings is 2. The van der Waals surface area contributed by atoms with E-state index in [1.807, 2.05) is 37.3 Å². The maximum atomic E-state index is 6.18. The molecule has 0 amide bonds. The van der Waals surface area contributed by atoms with Gasteiger partial charge in [-0.3, -0.25) is 0 Å². The fourth-order valence-corrected chi connectivity index (χ4v) is 2.55. The molecule has 2 aromatic carbocycles. The molecular formula is C16H17Cl2NO2. The second-order valence-corrected chi connectivity index (χ2v) is 5.23. The molecule has 0 aliphatic carbocycles. The molecule has 0 radical (unpaired) electrons. The number of anilines is 1. The maximum absolute atomic E-state index is 6.18. The van der Waals surface area contributed by atoms with E-state index in [1.165, 1.54) is 0 Å². The summed E-state index contributed by atoms with van der Waals surface area (Å²) in [5.74, 6) is 1.49. The third-order valence-electron chi connectivity index (χ3n) is 2.95. The van der Waals surface area contributed by atoms with E-state index in [0.717, 1.165) is 17.0 Å². The van der Waals surface area contributed by atoms with Crippen molar-refractivity contribution in [1.29, 1.82) is 0 Å². The summed E-state index contributed by atoms with van der Waals surface area (Å²) < 4.78 is 10.7. The normalized spacial score (nSPS) is 10.3. The van der Waals surface area contributed by atoms with Crippen LogP contribution in [0.2, 0.25) is 10.0 Å². The molecule has 0 bridgehead atoms. The van der Waals surface area contributed by atoms with Crippen molar-refractivity contribution in [3.8, 4) is 11.5 Å². The van der Waals surface area contributed by atoms with Gasteiger partial charge in [-0.2, -0.15) is 0 Å². The van der Waals surface area contributed by atoms with Crippen LogP contribution in [0, 0.1) is 0 Å². The molecule has 0 fully saturated rings. The van der Waals surface area contributed by atoms with E-state index in [4.69, 9.17) is 32.7 Å². The van der Waals surface area contributed by atoms with E-state index in [9.17, 15) is 0 Å². The molecule has 2 rings (SSSR count). The lowest BCUT2D eigenvalue weighted by Crippen LogP contribution is -2.04. The fraction of sp³-hybridized carbons (Fsp3) is 0.250. The van der Waals surface area contributed by atoms with Gasteiger partial charge >= 0.3 is 0 Å². The summed E-state index contributed by atoms with van der Waals surface area (Å²) in [6.45, 7) is 3.05. The van der Waals surface area contributed by atoms with Crippen LogP contribution < -0.4 is 14.8 Å². The van der Waals surface area contributed by atoms with Gasteiger partial charge in [0, 0.05) is 22.8 Å². The first kappa shape index (κ1) is 15.8. The monoisotopic (exact) mass is 325 g/mol. The van der Waals surface area contributed by atoms with E-state index in [-0.39, 0.29) is 0 Å². The molecule has 0 unspecified atom stereocenters. The minimum Gasteiger partial charge on any atom is -0.497 e. The summed E-state index contributed by atoms with van der Waals surface area (Å²) in [6, 6.07) is 11.2. The van der Waals surface area contributed by atoms with Crippen LogP contribution in [0.25, 0.3) is 0 Å². The van der Waals surface area contributed by atoms with Gasteiger partial charge in [0.2, 0.25) is 0 Å². The summed E-state index contributed by atoms with van der Waals surface area (Å²) in [6.07, 6.45) is 0. The van der Waals surface area contributed by atoms with Gasteiger partial charge in [0.25, 0.3) is 0 Å². The van der Waals surface area contributed by atoms with E-state index < -0.39 is 0 Å². The molecule has 0 aliphatic heterocycles. The minimum atomic E-state index is 0.524. The van der Waals surface area contributed by atoms with Gasteiger partial charge in [0.1, 0.15) is 11.5 Å². The van der Waals surface area contributed by atoms with Crippen molar-refractivity contribution in [1.82, 2.24) is 0 Å². The van der Waals surface area contributed by atoms with Crippen molar-refractivity contribution in [3.63, 3.8) is 0 Å². The number of nitrogens with one attached hydrogen (secondary N) is 1. The average molecular weight is 326 g/mol. The van der Waals surface area contributed by atoms with Crippen LogP contribution >= 0.6 is 23.2 Å². The third kappa shape index (κ3) is 4.19. The lowest BCUT2D eigenvalue weighted by Gasteiger charge is -2.14. The highest BCUT2D eigenvalue weighted by Crippen LogP contribution is 2.33. The Morgan fingerprint density at radius 1 is 1.10 bits per heavy atom. The average Bonchev–Trinajstić information content (AvgIpc) is 2.48. The van der Waals surface area contributed by atoms with Crippen molar-refractivity contribution in [2.24, 2.45) is 0 Å². The van der Waals surface area contributed by atoms with Gasteiger partial charge in [0.15, 0.2) is 0 Å². The number of halogens is 2. The van der Waals surface area contributed by atoms with Gasteiger partial charge < -0.3 is 14.8 Å². The molecule has 0 aromatic heterocycles. The van der Waals surface area contributed by atoms with Crippen LogP contribution in [0.5, 0.6) is 11.5 Å². The van der Waals surface area contributed by atoms with Crippen molar-refractivity contribution in [2.75, 3.05) is 19.0 Å². The minimum absolute atomic E-state index is 0.524. The number of methoxy groups -OCH3 is 1. The topological polar surface area (TPSA) is 30.5 Å². The van der Waals surface area contributed by atoms with Crippen molar-refractivity contribution >= 4 is 28.9 Å². The summed E-state index contributed by atoms with van der Waals surface area (Å²) in [4.78, 5) is 0. The van der Waals surface area contributed by atoms with Gasteiger partial charge in [-0.15, -0.1) is 0 Å². The molecule has 0 atom stereocenters. The molecule has 1 N–H and O–H groups in total. The Morgan fingerprint density at radius 2 is 1.81 bits per heavy atom. The Balaban J connectivity index is 2.14. The summed E-state index contributed by atoms with van der Waals surface area (Å²) >= 11 is 12.2. The molecule has 0 heterocycles. The molecule has 112 valence electrons. The first-order chi connectivity index (χ1) is 10.1. The van der Waals surface area contributed by atoms with Gasteiger partial charge in [0.05, 0.1) is 18.7 Å². The molecule has 5 heteroatoms. The largest absolute Gasteiger partial charge is 0.497 e. The predicted molar refractivity (Wildman–Crippen MR) is 88.0 cm³/mol. The highest BCUT2D eigenvalue weighted by atomic mass is 35.5. The number of ether oxygens (including phenoxy) is 2. The zero-order chi connectivity index (χ0) is 15.2. The van der Waals surface area contributed by atoms with Gasteiger partial charge in [-0.05, 0) is 43.3 Å². The number of hydrogen-bond donors (Lipinski definition) is 1. The predicted octanol–water partition coefficient (Wildman–Crippen LogP) is 5.01. The zero-order valence-corrected chi connectivity index (χ0v) is 13.5. The second-order valence-electron chi connectivity index (χ2n) is 4.39. The van der Waals surface area contributed by atoms with Gasteiger partial charge in [-0.25, -0.2) is 0 Å². The first-order valence-electron chi connectivity index (χ1n) is 6.62. The fourth-order valence-electron chi connectivity index (χ4n) is 1.96. The second kappa shape index (κ2) is 7.43. The number of rotatable bonds is 6. The Kier molecular flexibility index (Phi) is 5.59. The molecule has 0 saturated carbocycles. The zero-order valence-electron chi connectivity index (χ0n) is 12.0. The van der Waals surface area contributed by atoms with E-state index >= 15 is 0 Å². The molecule has 0 spiro atoms. The maximum Gasteiger partial charge on any atom is 0.142 e. The molecule has 0 saturated heterocycles. The summed E-state index contributed by atoms with van der Waals surface area (Å²) in [7, 11) is 1.64. The van der Waals surface area contributed by atoms with Crippen LogP contribution in [0.3, 0.4) is 0 Å². The van der Waals surface area contributed by atoms with Crippen LogP contribution in [0.15, 0.2) is 36.4 Å². The van der Waals surface area contributed by atoms with Gasteiger partial charge in [-0.1, -0.05) is 23.2 Å². The standard InChI is InChI=1S/C16H17Cl2NO2/c1-3-21-16-11(8-12(17)9-15(16)18)10-19-13-4-6-14(20-2)7-5-13/h4-9,19H,3,10H2,1-2H3. The molecule has 21 heavy (non-hydrogen) atoms. The molecular weight excluding hydrogens is 309 g/mol. The van der Waals surface area contributed by atoms with Crippen LogP contribution in [-0.4, -0.2) is 13.7 Å². The SMILES string of the molecule is CCOc1c(Cl)cc(Cl)cc1CNc1ccc(OC)cc1. The lowest BCUT2D eigenvalue weighted by molar-refractivity contribution is 0.337. The van der Waals surface area contributed by atoms with Crippen molar-refractivity contribution in [3.05, 3.63) is 52.0 Å². The quantitative estimate of drug-likeness (QED) is 0.809. The third-order valence-corrected chi connectivity index (χ3v) is 3.45. The van der Waals surface area contributed by atoms with Crippen LogP contribution in [0.4, 0.5) is 5.69 Å². The first-order valence-corrected chi connectivity index (χ1v) is 7.38. The Bertz CT molecular complexity index is 600.